The van der Waals surface area contributed by atoms with Crippen molar-refractivity contribution < 1.29 is 26.4 Å². The molecule has 3 aromatic rings. The van der Waals surface area contributed by atoms with Crippen molar-refractivity contribution in [1.29, 1.82) is 0 Å². The molecular formula is C20H15F3N2O3S2. The number of hydrogen-bond acceptors (Lipinski definition) is 4. The van der Waals surface area contributed by atoms with Crippen LogP contribution in [0.15, 0.2) is 64.9 Å². The number of anilines is 2. The largest absolute Gasteiger partial charge is 0.416 e. The summed E-state index contributed by atoms with van der Waals surface area (Å²) in [6.07, 6.45) is -3.90. The zero-order valence-electron chi connectivity index (χ0n) is 15.3. The molecule has 10 heteroatoms. The van der Waals surface area contributed by atoms with Gasteiger partial charge in [-0.25, -0.2) is 8.42 Å². The number of amides is 1. The summed E-state index contributed by atoms with van der Waals surface area (Å²) in [4.78, 5) is 14.6. The molecule has 1 aliphatic heterocycles. The molecule has 1 aromatic heterocycles. The molecule has 2 heterocycles. The van der Waals surface area contributed by atoms with Gasteiger partial charge < -0.3 is 4.90 Å². The minimum Gasteiger partial charge on any atom is -0.307 e. The zero-order valence-corrected chi connectivity index (χ0v) is 16.9. The molecule has 0 saturated heterocycles. The van der Waals surface area contributed by atoms with Crippen LogP contribution in [0.2, 0.25) is 0 Å². The second-order valence-electron chi connectivity index (χ2n) is 6.66. The van der Waals surface area contributed by atoms with Gasteiger partial charge in [0, 0.05) is 12.2 Å². The Bertz CT molecular complexity index is 1190. The number of hydrogen-bond donors (Lipinski definition) is 1. The van der Waals surface area contributed by atoms with Crippen molar-refractivity contribution in [2.24, 2.45) is 0 Å². The number of sulfonamides is 1. The van der Waals surface area contributed by atoms with Gasteiger partial charge in [0.05, 0.1) is 21.0 Å². The maximum Gasteiger partial charge on any atom is 0.416 e. The van der Waals surface area contributed by atoms with Gasteiger partial charge in [0.2, 0.25) is 0 Å². The number of nitrogens with one attached hydrogen (secondary N) is 1. The number of carbonyl (C=O) groups is 1. The molecule has 156 valence electrons. The molecule has 30 heavy (non-hydrogen) atoms. The first-order valence-electron chi connectivity index (χ1n) is 8.83. The SMILES string of the molecule is O=C(c1cccs1)N1CCc2ccc(NS(=O)(=O)c3ccc(C(F)(F)F)cc3)cc21. The van der Waals surface area contributed by atoms with Crippen LogP contribution < -0.4 is 9.62 Å². The van der Waals surface area contributed by atoms with E-state index in [0.29, 0.717) is 23.5 Å². The summed E-state index contributed by atoms with van der Waals surface area (Å²) in [5.41, 5.74) is 0.819. The lowest BCUT2D eigenvalue weighted by molar-refractivity contribution is -0.137. The second-order valence-corrected chi connectivity index (χ2v) is 9.29. The predicted octanol–water partition coefficient (Wildman–Crippen LogP) is 4.77. The molecule has 2 aromatic carbocycles. The highest BCUT2D eigenvalue weighted by Crippen LogP contribution is 2.34. The molecule has 1 N–H and O–H groups in total. The number of fused-ring (bicyclic) bond motifs is 1. The second kappa shape index (κ2) is 7.44. The third-order valence-corrected chi connectivity index (χ3v) is 6.96. The molecule has 0 unspecified atom stereocenters. The number of carbonyl (C=O) groups excluding carboxylic acids is 1. The summed E-state index contributed by atoms with van der Waals surface area (Å²) in [6.45, 7) is 0.487. The van der Waals surface area contributed by atoms with Crippen LogP contribution in [0.5, 0.6) is 0 Å². The number of halogens is 3. The summed E-state index contributed by atoms with van der Waals surface area (Å²) < 4.78 is 65.7. The standard InChI is InChI=1S/C20H15F3N2O3S2/c21-20(22,23)14-4-7-16(8-5-14)30(27,28)24-15-6-3-13-9-10-25(17(13)12-15)19(26)18-2-1-11-29-18/h1-8,11-12,24H,9-10H2. The molecule has 0 atom stereocenters. The highest BCUT2D eigenvalue weighted by Gasteiger charge is 2.31. The molecule has 0 fully saturated rings. The average molecular weight is 452 g/mol. The number of alkyl halides is 3. The Kier molecular flexibility index (Phi) is 5.07. The van der Waals surface area contributed by atoms with Crippen LogP contribution in [0.25, 0.3) is 0 Å². The number of nitrogens with zero attached hydrogens (tertiary/aromatic N) is 1. The van der Waals surface area contributed by atoms with Gasteiger partial charge in [0.15, 0.2) is 0 Å². The lowest BCUT2D eigenvalue weighted by Gasteiger charge is -2.17. The van der Waals surface area contributed by atoms with E-state index in [1.165, 1.54) is 11.3 Å². The molecule has 0 aliphatic carbocycles. The van der Waals surface area contributed by atoms with Gasteiger partial charge in [0.1, 0.15) is 0 Å². The number of benzene rings is 2. The molecule has 1 amide bonds. The molecule has 0 saturated carbocycles. The Hall–Kier alpha value is -2.85. The van der Waals surface area contributed by atoms with Gasteiger partial charge in [0.25, 0.3) is 15.9 Å². The highest BCUT2D eigenvalue weighted by molar-refractivity contribution is 7.92. The maximum atomic E-state index is 12.7. The Morgan fingerprint density at radius 1 is 1.07 bits per heavy atom. The van der Waals surface area contributed by atoms with Crippen LogP contribution in [-0.2, 0) is 22.6 Å². The van der Waals surface area contributed by atoms with Crippen LogP contribution in [0.4, 0.5) is 24.5 Å². The maximum absolute atomic E-state index is 12.7. The fourth-order valence-corrected chi connectivity index (χ4v) is 4.95. The van der Waals surface area contributed by atoms with Crippen LogP contribution >= 0.6 is 11.3 Å². The first-order chi connectivity index (χ1) is 14.1. The van der Waals surface area contributed by atoms with Crippen molar-refractivity contribution in [2.75, 3.05) is 16.2 Å². The molecule has 5 nitrogen and oxygen atoms in total. The molecule has 4 rings (SSSR count). The van der Waals surface area contributed by atoms with Crippen LogP contribution in [0.3, 0.4) is 0 Å². The molecule has 0 bridgehead atoms. The van der Waals surface area contributed by atoms with Crippen molar-refractivity contribution in [3.63, 3.8) is 0 Å². The first kappa shape index (κ1) is 20.4. The minimum absolute atomic E-state index is 0.161. The van der Waals surface area contributed by atoms with Crippen molar-refractivity contribution in [3.05, 3.63) is 76.0 Å². The molecule has 0 spiro atoms. The Morgan fingerprint density at radius 3 is 2.43 bits per heavy atom. The number of rotatable bonds is 4. The van der Waals surface area contributed by atoms with E-state index in [-0.39, 0.29) is 16.5 Å². The smallest absolute Gasteiger partial charge is 0.307 e. The summed E-state index contributed by atoms with van der Waals surface area (Å²) >= 11 is 1.32. The first-order valence-corrected chi connectivity index (χ1v) is 11.2. The fourth-order valence-electron chi connectivity index (χ4n) is 3.22. The zero-order chi connectivity index (χ0) is 21.5. The van der Waals surface area contributed by atoms with Crippen molar-refractivity contribution >= 4 is 38.6 Å². The summed E-state index contributed by atoms with van der Waals surface area (Å²) in [6, 6.07) is 11.6. The van der Waals surface area contributed by atoms with Crippen LogP contribution in [0.1, 0.15) is 20.8 Å². The summed E-state index contributed by atoms with van der Waals surface area (Å²) in [5.74, 6) is -0.161. The van der Waals surface area contributed by atoms with E-state index >= 15 is 0 Å². The van der Waals surface area contributed by atoms with E-state index in [2.05, 4.69) is 4.72 Å². The van der Waals surface area contributed by atoms with Crippen molar-refractivity contribution in [3.8, 4) is 0 Å². The monoisotopic (exact) mass is 452 g/mol. The predicted molar refractivity (Wildman–Crippen MR) is 108 cm³/mol. The van der Waals surface area contributed by atoms with Crippen LogP contribution in [0, 0.1) is 0 Å². The van der Waals surface area contributed by atoms with E-state index < -0.39 is 21.8 Å². The summed E-state index contributed by atoms with van der Waals surface area (Å²) in [7, 11) is -4.09. The quantitative estimate of drug-likeness (QED) is 0.620. The van der Waals surface area contributed by atoms with E-state index in [1.807, 2.05) is 0 Å². The molecule has 0 radical (unpaired) electrons. The highest BCUT2D eigenvalue weighted by atomic mass is 32.2. The topological polar surface area (TPSA) is 66.5 Å². The van der Waals surface area contributed by atoms with Gasteiger partial charge in [-0.15, -0.1) is 11.3 Å². The third kappa shape index (κ3) is 3.92. The Labute approximate surface area is 174 Å². The molecule has 1 aliphatic rings. The van der Waals surface area contributed by atoms with E-state index in [1.54, 1.807) is 40.6 Å². The average Bonchev–Trinajstić information content (AvgIpc) is 3.36. The van der Waals surface area contributed by atoms with Crippen molar-refractivity contribution in [1.82, 2.24) is 0 Å². The van der Waals surface area contributed by atoms with E-state index in [9.17, 15) is 26.4 Å². The van der Waals surface area contributed by atoms with Gasteiger partial charge in [-0.1, -0.05) is 12.1 Å². The van der Waals surface area contributed by atoms with Gasteiger partial charge >= 0.3 is 6.18 Å². The molecular weight excluding hydrogens is 437 g/mol. The third-order valence-electron chi connectivity index (χ3n) is 4.70. The summed E-state index contributed by atoms with van der Waals surface area (Å²) in [5, 5.41) is 1.80. The van der Waals surface area contributed by atoms with E-state index in [4.69, 9.17) is 0 Å². The number of thiophene rings is 1. The Balaban J connectivity index is 1.59. The van der Waals surface area contributed by atoms with Crippen LogP contribution in [-0.4, -0.2) is 20.9 Å². The van der Waals surface area contributed by atoms with Gasteiger partial charge in [-0.05, 0) is 59.8 Å². The van der Waals surface area contributed by atoms with E-state index in [0.717, 1.165) is 29.8 Å². The minimum atomic E-state index is -4.55. The normalized spacial score (nSPS) is 13.9. The van der Waals surface area contributed by atoms with Crippen molar-refractivity contribution in [2.45, 2.75) is 17.5 Å². The fraction of sp³-hybridized carbons (Fsp3) is 0.150. The Morgan fingerprint density at radius 2 is 1.80 bits per heavy atom. The lowest BCUT2D eigenvalue weighted by atomic mass is 10.1. The lowest BCUT2D eigenvalue weighted by Crippen LogP contribution is -2.28. The van der Waals surface area contributed by atoms with Gasteiger partial charge in [-0.2, -0.15) is 13.2 Å². The van der Waals surface area contributed by atoms with Gasteiger partial charge in [-0.3, -0.25) is 9.52 Å².